The highest BCUT2D eigenvalue weighted by Gasteiger charge is 2.33. The molecule has 1 aliphatic rings. The van der Waals surface area contributed by atoms with Crippen molar-refractivity contribution in [2.45, 2.75) is 37.8 Å². The third-order valence-corrected chi connectivity index (χ3v) is 6.01. The van der Waals surface area contributed by atoms with Crippen LogP contribution in [0.25, 0.3) is 0 Å². The number of amides is 3. The van der Waals surface area contributed by atoms with E-state index in [1.54, 1.807) is 6.07 Å². The van der Waals surface area contributed by atoms with Crippen LogP contribution < -0.4 is 16.0 Å². The first-order chi connectivity index (χ1) is 14.7. The molecule has 0 radical (unpaired) electrons. The lowest BCUT2D eigenvalue weighted by molar-refractivity contribution is -0.139. The predicted octanol–water partition coefficient (Wildman–Crippen LogP) is 3.73. The second-order valence-corrected chi connectivity index (χ2v) is 8.45. The number of nitrogens with one attached hydrogen (secondary N) is 3. The van der Waals surface area contributed by atoms with Gasteiger partial charge in [0.25, 0.3) is 5.91 Å². The van der Waals surface area contributed by atoms with Crippen LogP contribution in [0.3, 0.4) is 0 Å². The maximum atomic E-state index is 12.5. The van der Waals surface area contributed by atoms with Crippen molar-refractivity contribution in [1.29, 1.82) is 0 Å². The predicted molar refractivity (Wildman–Crippen MR) is 119 cm³/mol. The van der Waals surface area contributed by atoms with Gasteiger partial charge < -0.3 is 21.1 Å². The van der Waals surface area contributed by atoms with E-state index in [2.05, 4.69) is 16.0 Å². The molecule has 3 rings (SSSR count). The molecule has 2 aromatic carbocycles. The Labute approximate surface area is 190 Å². The molecule has 7 nitrogen and oxygen atoms in total. The van der Waals surface area contributed by atoms with Gasteiger partial charge in [-0.2, -0.15) is 0 Å². The van der Waals surface area contributed by atoms with E-state index in [-0.39, 0.29) is 22.2 Å². The third kappa shape index (κ3) is 5.29. The maximum Gasteiger partial charge on any atom is 0.328 e. The molecule has 0 saturated carbocycles. The third-order valence-electron chi connectivity index (χ3n) is 5.38. The van der Waals surface area contributed by atoms with Crippen molar-refractivity contribution < 1.29 is 19.5 Å². The summed E-state index contributed by atoms with van der Waals surface area (Å²) in [6.45, 7) is 1.63. The van der Waals surface area contributed by atoms with Gasteiger partial charge in [0.1, 0.15) is 6.04 Å². The number of rotatable bonds is 6. The zero-order valence-electron chi connectivity index (χ0n) is 16.9. The van der Waals surface area contributed by atoms with Crippen LogP contribution >= 0.6 is 23.2 Å². The fourth-order valence-corrected chi connectivity index (χ4v) is 4.38. The molecule has 0 spiro atoms. The van der Waals surface area contributed by atoms with Crippen LogP contribution in [0.1, 0.15) is 41.3 Å². The topological polar surface area (TPSA) is 108 Å². The van der Waals surface area contributed by atoms with E-state index in [1.165, 1.54) is 17.7 Å². The Kier molecular flexibility index (Phi) is 7.08. The summed E-state index contributed by atoms with van der Waals surface area (Å²) >= 11 is 12.0. The Bertz CT molecular complexity index is 994. The van der Waals surface area contributed by atoms with Crippen molar-refractivity contribution in [1.82, 2.24) is 16.0 Å². The summed E-state index contributed by atoms with van der Waals surface area (Å²) in [4.78, 5) is 36.6. The number of carbonyl (C=O) groups is 3. The quantitative estimate of drug-likeness (QED) is 0.523. The molecule has 0 aliphatic heterocycles. The first-order valence-electron chi connectivity index (χ1n) is 9.83. The molecule has 2 atom stereocenters. The van der Waals surface area contributed by atoms with E-state index in [1.807, 2.05) is 31.2 Å². The van der Waals surface area contributed by atoms with Gasteiger partial charge >= 0.3 is 12.0 Å². The smallest absolute Gasteiger partial charge is 0.328 e. The van der Waals surface area contributed by atoms with Crippen molar-refractivity contribution in [2.24, 2.45) is 0 Å². The van der Waals surface area contributed by atoms with E-state index in [9.17, 15) is 19.5 Å². The van der Waals surface area contributed by atoms with Gasteiger partial charge in [-0.25, -0.2) is 9.59 Å². The molecule has 0 saturated heterocycles. The van der Waals surface area contributed by atoms with Gasteiger partial charge in [-0.1, -0.05) is 53.5 Å². The van der Waals surface area contributed by atoms with Crippen LogP contribution in [0.2, 0.25) is 10.0 Å². The van der Waals surface area contributed by atoms with Crippen LogP contribution in [0.5, 0.6) is 0 Å². The van der Waals surface area contributed by atoms with Gasteiger partial charge in [0.15, 0.2) is 0 Å². The van der Waals surface area contributed by atoms with Gasteiger partial charge in [0.2, 0.25) is 0 Å². The highest BCUT2D eigenvalue weighted by Crippen LogP contribution is 2.34. The monoisotopic (exact) mass is 463 g/mol. The molecule has 164 valence electrons. The standard InChI is InChI=1S/C22H23Cl2N3O4/c1-22(11-5-7-13-6-2-3-8-14(13)22)27-21(31)25-12-17(20(29)30)26-19(28)18-15(23)9-4-10-16(18)24/h2-4,6,8-10,17H,5,7,11-12H2,1H3,(H,26,28)(H,29,30)(H2,25,27,31). The Morgan fingerprint density at radius 3 is 2.45 bits per heavy atom. The number of aliphatic carboxylic acids is 1. The first-order valence-corrected chi connectivity index (χ1v) is 10.6. The largest absolute Gasteiger partial charge is 0.480 e. The Hall–Kier alpha value is -2.77. The van der Waals surface area contributed by atoms with Crippen molar-refractivity contribution in [3.63, 3.8) is 0 Å². The van der Waals surface area contributed by atoms with Crippen molar-refractivity contribution in [2.75, 3.05) is 6.54 Å². The summed E-state index contributed by atoms with van der Waals surface area (Å²) in [6, 6.07) is 10.6. The van der Waals surface area contributed by atoms with Crippen LogP contribution in [0.15, 0.2) is 42.5 Å². The lowest BCUT2D eigenvalue weighted by Crippen LogP contribution is -2.54. The molecular formula is C22H23Cl2N3O4. The van der Waals surface area contributed by atoms with Crippen molar-refractivity contribution in [3.8, 4) is 0 Å². The van der Waals surface area contributed by atoms with Gasteiger partial charge in [-0.3, -0.25) is 4.79 Å². The number of hydrogen-bond donors (Lipinski definition) is 4. The van der Waals surface area contributed by atoms with Crippen molar-refractivity contribution in [3.05, 3.63) is 69.2 Å². The summed E-state index contributed by atoms with van der Waals surface area (Å²) in [5.41, 5.74) is 1.65. The highest BCUT2D eigenvalue weighted by atomic mass is 35.5. The van der Waals surface area contributed by atoms with Crippen LogP contribution in [0.4, 0.5) is 4.79 Å². The molecule has 31 heavy (non-hydrogen) atoms. The SMILES string of the molecule is CC1(NC(=O)NCC(NC(=O)c2c(Cl)cccc2Cl)C(=O)O)CCCc2ccccc21. The first kappa shape index (κ1) is 22.9. The number of carboxylic acid groups (broad SMARTS) is 1. The molecule has 0 bridgehead atoms. The number of halogens is 2. The second kappa shape index (κ2) is 9.58. The molecule has 0 heterocycles. The lowest BCUT2D eigenvalue weighted by Gasteiger charge is -2.37. The van der Waals surface area contributed by atoms with E-state index >= 15 is 0 Å². The number of carboxylic acids is 1. The lowest BCUT2D eigenvalue weighted by atomic mass is 9.78. The number of fused-ring (bicyclic) bond motifs is 1. The Balaban J connectivity index is 1.64. The normalized spacial score (nSPS) is 18.4. The minimum Gasteiger partial charge on any atom is -0.480 e. The summed E-state index contributed by atoms with van der Waals surface area (Å²) in [5, 5.41) is 17.5. The Morgan fingerprint density at radius 1 is 1.10 bits per heavy atom. The molecule has 4 N–H and O–H groups in total. The van der Waals surface area contributed by atoms with Gasteiger partial charge in [-0.15, -0.1) is 0 Å². The Morgan fingerprint density at radius 2 is 1.77 bits per heavy atom. The van der Waals surface area contributed by atoms with Crippen LogP contribution in [-0.4, -0.2) is 35.6 Å². The number of aryl methyl sites for hydroxylation is 1. The number of carbonyl (C=O) groups excluding carboxylic acids is 2. The molecular weight excluding hydrogens is 441 g/mol. The van der Waals surface area contributed by atoms with Gasteiger partial charge in [0.05, 0.1) is 27.7 Å². The minimum absolute atomic E-state index is 0.0205. The summed E-state index contributed by atoms with van der Waals surface area (Å²) in [5.74, 6) is -2.04. The summed E-state index contributed by atoms with van der Waals surface area (Å²) < 4.78 is 0. The van der Waals surface area contributed by atoms with E-state index in [0.717, 1.165) is 24.8 Å². The van der Waals surface area contributed by atoms with Crippen molar-refractivity contribution >= 4 is 41.1 Å². The molecule has 0 aromatic heterocycles. The van der Waals surface area contributed by atoms with Crippen LogP contribution in [-0.2, 0) is 16.8 Å². The van der Waals surface area contributed by atoms with Gasteiger partial charge in [-0.05, 0) is 49.4 Å². The van der Waals surface area contributed by atoms with Crippen LogP contribution in [0, 0.1) is 0 Å². The average Bonchev–Trinajstić information content (AvgIpc) is 2.71. The minimum atomic E-state index is -1.36. The molecule has 3 amide bonds. The second-order valence-electron chi connectivity index (χ2n) is 7.64. The number of hydrogen-bond acceptors (Lipinski definition) is 3. The molecule has 2 aromatic rings. The molecule has 1 aliphatic carbocycles. The van der Waals surface area contributed by atoms with Gasteiger partial charge in [0, 0.05) is 0 Å². The molecule has 9 heteroatoms. The highest BCUT2D eigenvalue weighted by molar-refractivity contribution is 6.39. The molecule has 0 fully saturated rings. The van der Waals surface area contributed by atoms with E-state index in [0.29, 0.717) is 0 Å². The summed E-state index contributed by atoms with van der Waals surface area (Å²) in [7, 11) is 0. The fraction of sp³-hybridized carbons (Fsp3) is 0.318. The fourth-order valence-electron chi connectivity index (χ4n) is 3.81. The van der Waals surface area contributed by atoms with E-state index < -0.39 is 29.5 Å². The van der Waals surface area contributed by atoms with E-state index in [4.69, 9.17) is 23.2 Å². The molecule has 2 unspecified atom stereocenters. The summed E-state index contributed by atoms with van der Waals surface area (Å²) in [6.07, 6.45) is 2.65. The average molecular weight is 464 g/mol. The number of urea groups is 1. The maximum absolute atomic E-state index is 12.5. The zero-order chi connectivity index (χ0) is 22.6. The number of benzene rings is 2. The zero-order valence-corrected chi connectivity index (χ0v) is 18.4.